The maximum Gasteiger partial charge on any atom is 0.323 e. The number of thiol groups is 1. The third-order valence-electron chi connectivity index (χ3n) is 1.18. The highest BCUT2D eigenvalue weighted by Gasteiger charge is 2.14. The number of nitrogens with one attached hydrogen (secondary N) is 1. The molecule has 0 unspecified atom stereocenters. The van der Waals surface area contributed by atoms with E-state index in [1.807, 2.05) is 0 Å². The predicted octanol–water partition coefficient (Wildman–Crippen LogP) is 0.233. The first-order chi connectivity index (χ1) is 5.26. The molecule has 4 heteroatoms. The zero-order valence-corrected chi connectivity index (χ0v) is 7.43. The SMILES string of the molecule is C=CCN[C@@H](CS)C(=O)OC. The summed E-state index contributed by atoms with van der Waals surface area (Å²) in [5.74, 6) is 0.141. The molecule has 64 valence electrons. The van der Waals surface area contributed by atoms with Crippen molar-refractivity contribution in [3.63, 3.8) is 0 Å². The highest BCUT2D eigenvalue weighted by atomic mass is 32.1. The Bertz CT molecular complexity index is 138. The fourth-order valence-electron chi connectivity index (χ4n) is 0.590. The van der Waals surface area contributed by atoms with Gasteiger partial charge >= 0.3 is 5.97 Å². The van der Waals surface area contributed by atoms with Crippen molar-refractivity contribution in [3.05, 3.63) is 12.7 Å². The standard InChI is InChI=1S/C7H13NO2S/c1-3-4-8-6(5-11)7(9)10-2/h3,6,8,11H,1,4-5H2,2H3/t6-/m0/s1. The highest BCUT2D eigenvalue weighted by Crippen LogP contribution is 1.90. The predicted molar refractivity (Wildman–Crippen MR) is 47.9 cm³/mol. The van der Waals surface area contributed by atoms with Crippen LogP contribution in [0.15, 0.2) is 12.7 Å². The van der Waals surface area contributed by atoms with Gasteiger partial charge in [0.15, 0.2) is 0 Å². The second kappa shape index (κ2) is 6.24. The normalized spacial score (nSPS) is 12.2. The van der Waals surface area contributed by atoms with Crippen LogP contribution >= 0.6 is 12.6 Å². The van der Waals surface area contributed by atoms with Gasteiger partial charge < -0.3 is 10.1 Å². The molecule has 0 aliphatic rings. The Hall–Kier alpha value is -0.480. The molecule has 0 spiro atoms. The van der Waals surface area contributed by atoms with Crippen LogP contribution in [0.1, 0.15) is 0 Å². The van der Waals surface area contributed by atoms with Gasteiger partial charge in [0.25, 0.3) is 0 Å². The van der Waals surface area contributed by atoms with Crippen LogP contribution in [-0.2, 0) is 9.53 Å². The maximum absolute atomic E-state index is 10.9. The van der Waals surface area contributed by atoms with Crippen molar-refractivity contribution in [2.75, 3.05) is 19.4 Å². The number of methoxy groups -OCH3 is 1. The lowest BCUT2D eigenvalue weighted by Gasteiger charge is -2.11. The quantitative estimate of drug-likeness (QED) is 0.357. The number of hydrogen-bond donors (Lipinski definition) is 2. The molecule has 0 aromatic heterocycles. The summed E-state index contributed by atoms with van der Waals surface area (Å²) < 4.78 is 4.52. The van der Waals surface area contributed by atoms with Crippen molar-refractivity contribution in [1.29, 1.82) is 0 Å². The van der Waals surface area contributed by atoms with Gasteiger partial charge in [-0.3, -0.25) is 4.79 Å². The van der Waals surface area contributed by atoms with Gasteiger partial charge in [0.1, 0.15) is 6.04 Å². The minimum atomic E-state index is -0.332. The Morgan fingerprint density at radius 2 is 2.55 bits per heavy atom. The smallest absolute Gasteiger partial charge is 0.323 e. The third-order valence-corrected chi connectivity index (χ3v) is 1.54. The van der Waals surface area contributed by atoms with Crippen molar-refractivity contribution < 1.29 is 9.53 Å². The van der Waals surface area contributed by atoms with E-state index in [1.165, 1.54) is 7.11 Å². The fourth-order valence-corrected chi connectivity index (χ4v) is 0.868. The average Bonchev–Trinajstić information content (AvgIpc) is 2.05. The third kappa shape index (κ3) is 4.06. The van der Waals surface area contributed by atoms with E-state index in [0.29, 0.717) is 12.3 Å². The minimum absolute atomic E-state index is 0.290. The molecule has 0 aliphatic carbocycles. The number of ether oxygens (including phenoxy) is 1. The molecule has 0 saturated heterocycles. The number of carbonyl (C=O) groups excluding carboxylic acids is 1. The molecule has 1 N–H and O–H groups in total. The van der Waals surface area contributed by atoms with Crippen molar-refractivity contribution in [2.45, 2.75) is 6.04 Å². The van der Waals surface area contributed by atoms with E-state index >= 15 is 0 Å². The van der Waals surface area contributed by atoms with E-state index in [0.717, 1.165) is 0 Å². The first-order valence-corrected chi connectivity index (χ1v) is 3.92. The molecule has 0 saturated carbocycles. The summed E-state index contributed by atoms with van der Waals surface area (Å²) in [6.45, 7) is 4.10. The van der Waals surface area contributed by atoms with Crippen LogP contribution in [-0.4, -0.2) is 31.4 Å². The molecule has 0 aromatic rings. The van der Waals surface area contributed by atoms with Gasteiger partial charge in [-0.15, -0.1) is 6.58 Å². The monoisotopic (exact) mass is 175 g/mol. The average molecular weight is 175 g/mol. The molecule has 0 bridgehead atoms. The lowest BCUT2D eigenvalue weighted by molar-refractivity contribution is -0.142. The van der Waals surface area contributed by atoms with Crippen LogP contribution in [0, 0.1) is 0 Å². The van der Waals surface area contributed by atoms with Crippen LogP contribution in [0.4, 0.5) is 0 Å². The first-order valence-electron chi connectivity index (χ1n) is 3.29. The molecule has 0 radical (unpaired) electrons. The molecule has 11 heavy (non-hydrogen) atoms. The summed E-state index contributed by atoms with van der Waals surface area (Å²) in [6, 6.07) is -0.332. The Kier molecular flexibility index (Phi) is 5.97. The summed E-state index contributed by atoms with van der Waals surface area (Å²) in [7, 11) is 1.36. The van der Waals surface area contributed by atoms with Gasteiger partial charge in [0.2, 0.25) is 0 Å². The Labute approximate surface area is 72.2 Å². The van der Waals surface area contributed by atoms with Crippen LogP contribution < -0.4 is 5.32 Å². The van der Waals surface area contributed by atoms with E-state index in [1.54, 1.807) is 6.08 Å². The molecule has 0 amide bonds. The summed E-state index contributed by atoms with van der Waals surface area (Å²) in [5, 5.41) is 2.90. The van der Waals surface area contributed by atoms with Gasteiger partial charge in [-0.2, -0.15) is 12.6 Å². The summed E-state index contributed by atoms with van der Waals surface area (Å²) in [6.07, 6.45) is 1.68. The van der Waals surface area contributed by atoms with E-state index in [4.69, 9.17) is 0 Å². The largest absolute Gasteiger partial charge is 0.468 e. The van der Waals surface area contributed by atoms with Gasteiger partial charge in [0.05, 0.1) is 7.11 Å². The molecule has 0 aromatic carbocycles. The molecule has 0 rings (SSSR count). The molecule has 3 nitrogen and oxygen atoms in total. The van der Waals surface area contributed by atoms with Crippen LogP contribution in [0.2, 0.25) is 0 Å². The second-order valence-electron chi connectivity index (χ2n) is 1.96. The van der Waals surface area contributed by atoms with Crippen molar-refractivity contribution in [2.24, 2.45) is 0 Å². The number of hydrogen-bond acceptors (Lipinski definition) is 4. The van der Waals surface area contributed by atoms with Crippen LogP contribution in [0.5, 0.6) is 0 Å². The molecular weight excluding hydrogens is 162 g/mol. The summed E-state index contributed by atoms with van der Waals surface area (Å²) in [5.41, 5.74) is 0. The molecular formula is C7H13NO2S. The van der Waals surface area contributed by atoms with Crippen molar-refractivity contribution in [1.82, 2.24) is 5.32 Å². The minimum Gasteiger partial charge on any atom is -0.468 e. The van der Waals surface area contributed by atoms with Crippen LogP contribution in [0.25, 0.3) is 0 Å². The van der Waals surface area contributed by atoms with Crippen LogP contribution in [0.3, 0.4) is 0 Å². The lowest BCUT2D eigenvalue weighted by atomic mass is 10.3. The maximum atomic E-state index is 10.9. The topological polar surface area (TPSA) is 38.3 Å². The van der Waals surface area contributed by atoms with Crippen molar-refractivity contribution in [3.8, 4) is 0 Å². The highest BCUT2D eigenvalue weighted by molar-refractivity contribution is 7.80. The number of rotatable bonds is 5. The van der Waals surface area contributed by atoms with Crippen molar-refractivity contribution >= 4 is 18.6 Å². The summed E-state index contributed by atoms with van der Waals surface area (Å²) in [4.78, 5) is 10.9. The van der Waals surface area contributed by atoms with Gasteiger partial charge in [0, 0.05) is 12.3 Å². The number of esters is 1. The van der Waals surface area contributed by atoms with Gasteiger partial charge in [-0.1, -0.05) is 6.08 Å². The van der Waals surface area contributed by atoms with E-state index in [9.17, 15) is 4.79 Å². The van der Waals surface area contributed by atoms with E-state index < -0.39 is 0 Å². The van der Waals surface area contributed by atoms with Gasteiger partial charge in [-0.25, -0.2) is 0 Å². The Morgan fingerprint density at radius 1 is 1.91 bits per heavy atom. The Balaban J connectivity index is 3.74. The molecule has 1 atom stereocenters. The lowest BCUT2D eigenvalue weighted by Crippen LogP contribution is -2.39. The zero-order chi connectivity index (χ0) is 8.69. The molecule has 0 heterocycles. The summed E-state index contributed by atoms with van der Waals surface area (Å²) >= 11 is 3.98. The van der Waals surface area contributed by atoms with Gasteiger partial charge in [-0.05, 0) is 0 Å². The first kappa shape index (κ1) is 10.5. The van der Waals surface area contributed by atoms with E-state index in [2.05, 4.69) is 29.3 Å². The zero-order valence-electron chi connectivity index (χ0n) is 6.54. The number of carbonyl (C=O) groups is 1. The second-order valence-corrected chi connectivity index (χ2v) is 2.32. The fraction of sp³-hybridized carbons (Fsp3) is 0.571. The van der Waals surface area contributed by atoms with E-state index in [-0.39, 0.29) is 12.0 Å². The molecule has 0 aliphatic heterocycles. The Morgan fingerprint density at radius 3 is 2.91 bits per heavy atom. The molecule has 0 fully saturated rings.